The van der Waals surface area contributed by atoms with Crippen molar-refractivity contribution in [2.75, 3.05) is 12.0 Å². The van der Waals surface area contributed by atoms with Crippen molar-refractivity contribution in [3.05, 3.63) is 94.5 Å². The van der Waals surface area contributed by atoms with Crippen molar-refractivity contribution >= 4 is 29.1 Å². The van der Waals surface area contributed by atoms with Gasteiger partial charge in [0.05, 0.1) is 12.6 Å². The van der Waals surface area contributed by atoms with E-state index in [9.17, 15) is 4.79 Å². The van der Waals surface area contributed by atoms with Crippen LogP contribution in [0.2, 0.25) is 5.02 Å². The lowest BCUT2D eigenvalue weighted by Gasteiger charge is -2.33. The lowest BCUT2D eigenvalue weighted by molar-refractivity contribution is 0.0980. The standard InChI is InChI=1S/C31H31ClN4O2S/c1-2-38-26-18-14-24(15-19-26)30-33-34-31-36(30)35-27(22-12-16-25(32)17-13-22)29(39-31)28(37)23-10-8-21(9-11-23)20-6-4-3-5-7-20/h8-20,27,29,35H,2-7H2,1H3/t27-,29-/m1/s1. The van der Waals surface area contributed by atoms with Gasteiger partial charge in [-0.05, 0) is 73.2 Å². The molecule has 0 spiro atoms. The van der Waals surface area contributed by atoms with E-state index in [4.69, 9.17) is 16.3 Å². The van der Waals surface area contributed by atoms with Gasteiger partial charge >= 0.3 is 0 Å². The Labute approximate surface area is 238 Å². The van der Waals surface area contributed by atoms with E-state index < -0.39 is 5.25 Å². The fraction of sp³-hybridized carbons (Fsp3) is 0.323. The Morgan fingerprint density at radius 2 is 1.64 bits per heavy atom. The molecule has 2 aliphatic rings. The zero-order valence-electron chi connectivity index (χ0n) is 21.8. The number of thioether (sulfide) groups is 1. The van der Waals surface area contributed by atoms with Crippen molar-refractivity contribution in [3.63, 3.8) is 0 Å². The van der Waals surface area contributed by atoms with Crippen LogP contribution in [0.4, 0.5) is 0 Å². The van der Waals surface area contributed by atoms with Crippen LogP contribution in [0.3, 0.4) is 0 Å². The lowest BCUT2D eigenvalue weighted by Crippen LogP contribution is -2.39. The third-order valence-electron chi connectivity index (χ3n) is 7.62. The van der Waals surface area contributed by atoms with E-state index in [2.05, 4.69) is 27.8 Å². The lowest BCUT2D eigenvalue weighted by atomic mass is 9.83. The number of carbonyl (C=O) groups is 1. The number of Topliss-reactive ketones (excluding diaryl/α,β-unsaturated/α-hetero) is 1. The van der Waals surface area contributed by atoms with E-state index in [1.54, 1.807) is 0 Å². The molecule has 200 valence electrons. The van der Waals surface area contributed by atoms with Crippen molar-refractivity contribution in [1.29, 1.82) is 0 Å². The average Bonchev–Trinajstić information content (AvgIpc) is 3.41. The smallest absolute Gasteiger partial charge is 0.211 e. The van der Waals surface area contributed by atoms with Crippen molar-refractivity contribution in [1.82, 2.24) is 14.9 Å². The van der Waals surface area contributed by atoms with Gasteiger partial charge in [0, 0.05) is 16.1 Å². The monoisotopic (exact) mass is 558 g/mol. The summed E-state index contributed by atoms with van der Waals surface area (Å²) in [7, 11) is 0. The van der Waals surface area contributed by atoms with Gasteiger partial charge in [0.1, 0.15) is 11.0 Å². The molecule has 2 heterocycles. The Kier molecular flexibility index (Phi) is 7.62. The van der Waals surface area contributed by atoms with Gasteiger partial charge in [-0.15, -0.1) is 10.2 Å². The van der Waals surface area contributed by atoms with Gasteiger partial charge in [-0.2, -0.15) is 0 Å². The molecule has 8 heteroatoms. The van der Waals surface area contributed by atoms with E-state index in [-0.39, 0.29) is 11.8 Å². The summed E-state index contributed by atoms with van der Waals surface area (Å²) in [5.74, 6) is 2.16. The fourth-order valence-electron chi connectivity index (χ4n) is 5.55. The summed E-state index contributed by atoms with van der Waals surface area (Å²) in [6, 6.07) is 23.4. The number of hydrogen-bond donors (Lipinski definition) is 1. The maximum Gasteiger partial charge on any atom is 0.211 e. The Balaban J connectivity index is 1.31. The van der Waals surface area contributed by atoms with Crippen LogP contribution >= 0.6 is 23.4 Å². The number of hydrogen-bond acceptors (Lipinski definition) is 6. The summed E-state index contributed by atoms with van der Waals surface area (Å²) in [6.45, 7) is 2.57. The number of benzene rings is 3. The first-order valence-corrected chi connectivity index (χ1v) is 14.9. The van der Waals surface area contributed by atoms with Gasteiger partial charge in [0.15, 0.2) is 11.6 Å². The Morgan fingerprint density at radius 3 is 2.33 bits per heavy atom. The molecule has 6 rings (SSSR count). The number of nitrogens with one attached hydrogen (secondary N) is 1. The molecule has 39 heavy (non-hydrogen) atoms. The van der Waals surface area contributed by atoms with E-state index in [0.717, 1.165) is 16.9 Å². The first kappa shape index (κ1) is 26.0. The largest absolute Gasteiger partial charge is 0.494 e. The molecule has 1 N–H and O–H groups in total. The maximum atomic E-state index is 14.0. The minimum absolute atomic E-state index is 0.0690. The highest BCUT2D eigenvalue weighted by Gasteiger charge is 2.38. The van der Waals surface area contributed by atoms with Crippen LogP contribution in [-0.2, 0) is 0 Å². The number of rotatable bonds is 7. The van der Waals surface area contributed by atoms with Crippen molar-refractivity contribution in [2.24, 2.45) is 0 Å². The van der Waals surface area contributed by atoms with Crippen molar-refractivity contribution in [2.45, 2.75) is 61.4 Å². The number of fused-ring (bicyclic) bond motifs is 1. The first-order chi connectivity index (χ1) is 19.1. The van der Waals surface area contributed by atoms with Gasteiger partial charge in [0.25, 0.3) is 0 Å². The minimum atomic E-state index is -0.420. The third kappa shape index (κ3) is 5.43. The molecule has 3 aromatic carbocycles. The Bertz CT molecular complexity index is 1430. The molecule has 0 radical (unpaired) electrons. The van der Waals surface area contributed by atoms with Gasteiger partial charge in [-0.1, -0.05) is 79.0 Å². The van der Waals surface area contributed by atoms with Crippen LogP contribution in [0, 0.1) is 0 Å². The topological polar surface area (TPSA) is 69.0 Å². The molecule has 0 unspecified atom stereocenters. The number of ketones is 1. The molecule has 0 amide bonds. The molecular formula is C31H31ClN4O2S. The molecular weight excluding hydrogens is 528 g/mol. The summed E-state index contributed by atoms with van der Waals surface area (Å²) in [5, 5.41) is 9.81. The van der Waals surface area contributed by atoms with Crippen LogP contribution in [-0.4, -0.2) is 32.5 Å². The summed E-state index contributed by atoms with van der Waals surface area (Å²) in [6.07, 6.45) is 6.38. The zero-order valence-corrected chi connectivity index (χ0v) is 23.4. The zero-order chi connectivity index (χ0) is 26.8. The highest BCUT2D eigenvalue weighted by atomic mass is 35.5. The van der Waals surface area contributed by atoms with Gasteiger partial charge in [-0.3, -0.25) is 4.79 Å². The SMILES string of the molecule is CCOc1ccc(-c2nnc3n2N[C@H](c2ccc(Cl)cc2)[C@H](C(=O)c2ccc(C4CCCCC4)cc2)S3)cc1. The van der Waals surface area contributed by atoms with Gasteiger partial charge < -0.3 is 10.2 Å². The minimum Gasteiger partial charge on any atom is -0.494 e. The molecule has 0 bridgehead atoms. The fourth-order valence-corrected chi connectivity index (χ4v) is 6.83. The number of ether oxygens (including phenoxy) is 1. The van der Waals surface area contributed by atoms with E-state index >= 15 is 0 Å². The molecule has 2 atom stereocenters. The molecule has 1 aromatic heterocycles. The van der Waals surface area contributed by atoms with E-state index in [1.165, 1.54) is 49.4 Å². The molecule has 1 saturated carbocycles. The summed E-state index contributed by atoms with van der Waals surface area (Å²) >= 11 is 7.65. The summed E-state index contributed by atoms with van der Waals surface area (Å²) in [4.78, 5) is 14.0. The highest BCUT2D eigenvalue weighted by Crippen LogP contribution is 2.41. The van der Waals surface area contributed by atoms with E-state index in [0.29, 0.717) is 34.1 Å². The average molecular weight is 559 g/mol. The predicted octanol–water partition coefficient (Wildman–Crippen LogP) is 7.69. The van der Waals surface area contributed by atoms with E-state index in [1.807, 2.05) is 72.3 Å². The second kappa shape index (κ2) is 11.4. The number of carbonyl (C=O) groups excluding carboxylic acids is 1. The predicted molar refractivity (Wildman–Crippen MR) is 156 cm³/mol. The number of nitrogens with zero attached hydrogens (tertiary/aromatic N) is 3. The summed E-state index contributed by atoms with van der Waals surface area (Å²) in [5.41, 5.74) is 7.50. The third-order valence-corrected chi connectivity index (χ3v) is 9.09. The molecule has 1 fully saturated rings. The second-order valence-electron chi connectivity index (χ2n) is 10.1. The maximum absolute atomic E-state index is 14.0. The summed E-state index contributed by atoms with van der Waals surface area (Å²) < 4.78 is 7.47. The number of aromatic nitrogens is 3. The van der Waals surface area contributed by atoms with Gasteiger partial charge in [0.2, 0.25) is 5.16 Å². The molecule has 4 aromatic rings. The van der Waals surface area contributed by atoms with Crippen LogP contribution in [0.5, 0.6) is 5.75 Å². The molecule has 1 aliphatic carbocycles. The molecule has 0 saturated heterocycles. The highest BCUT2D eigenvalue weighted by molar-refractivity contribution is 8.00. The Morgan fingerprint density at radius 1 is 0.949 bits per heavy atom. The van der Waals surface area contributed by atoms with Crippen LogP contribution in [0.25, 0.3) is 11.4 Å². The second-order valence-corrected chi connectivity index (χ2v) is 11.7. The van der Waals surface area contributed by atoms with Gasteiger partial charge in [-0.25, -0.2) is 4.68 Å². The number of halogens is 1. The molecule has 6 nitrogen and oxygen atoms in total. The van der Waals surface area contributed by atoms with Crippen molar-refractivity contribution < 1.29 is 9.53 Å². The van der Waals surface area contributed by atoms with Crippen LogP contribution in [0.15, 0.2) is 78.0 Å². The van der Waals surface area contributed by atoms with Crippen LogP contribution < -0.4 is 10.2 Å². The molecule has 1 aliphatic heterocycles. The van der Waals surface area contributed by atoms with Crippen LogP contribution in [0.1, 0.15) is 72.5 Å². The first-order valence-electron chi connectivity index (χ1n) is 13.6. The quantitative estimate of drug-likeness (QED) is 0.234. The normalized spacial score (nSPS) is 19.2. The van der Waals surface area contributed by atoms with Crippen molar-refractivity contribution in [3.8, 4) is 17.1 Å². The Hall–Kier alpha value is -3.29.